The highest BCUT2D eigenvalue weighted by Gasteiger charge is 2.04. The van der Waals surface area contributed by atoms with E-state index in [0.717, 1.165) is 0 Å². The Bertz CT molecular complexity index is 430. The van der Waals surface area contributed by atoms with E-state index in [9.17, 15) is 0 Å². The van der Waals surface area contributed by atoms with E-state index in [-0.39, 0.29) is 17.0 Å². The van der Waals surface area contributed by atoms with Crippen LogP contribution in [0.2, 0.25) is 0 Å². The van der Waals surface area contributed by atoms with Gasteiger partial charge in [-0.25, -0.2) is 9.55 Å². The Morgan fingerprint density at radius 2 is 0.931 bits per heavy atom. The summed E-state index contributed by atoms with van der Waals surface area (Å²) in [4.78, 5) is 3.33. The zero-order chi connectivity index (χ0) is 20.1. The molecule has 0 aliphatic carbocycles. The molecule has 0 aromatic carbocycles. The summed E-state index contributed by atoms with van der Waals surface area (Å²) in [6, 6.07) is 0. The standard InChI is InChI=1S/C26H50N2.BrH/c1-3-4-5-6-7-8-9-10-11-12-13-14-15-16-17-18-19-20-21-22-23-26-27-24-25-28(26)2;/h24-25H,3-23H2,1-2H3;1H. The van der Waals surface area contributed by atoms with E-state index in [4.69, 9.17) is 0 Å². The molecule has 0 radical (unpaired) electrons. The van der Waals surface area contributed by atoms with Crippen molar-refractivity contribution in [1.82, 2.24) is 4.98 Å². The molecule has 1 N–H and O–H groups in total. The number of aromatic amines is 1. The molecular formula is C26H51BrN2. The van der Waals surface area contributed by atoms with Crippen molar-refractivity contribution in [2.75, 3.05) is 0 Å². The van der Waals surface area contributed by atoms with Crippen molar-refractivity contribution >= 4 is 0 Å². The normalized spacial score (nSPS) is 11.0. The zero-order valence-corrected chi connectivity index (χ0v) is 21.4. The molecule has 1 aromatic heterocycles. The smallest absolute Gasteiger partial charge is 0.253 e. The summed E-state index contributed by atoms with van der Waals surface area (Å²) in [5.74, 6) is 1.36. The van der Waals surface area contributed by atoms with E-state index in [2.05, 4.69) is 29.7 Å². The van der Waals surface area contributed by atoms with Crippen LogP contribution in [0, 0.1) is 0 Å². The Hall–Kier alpha value is -0.310. The molecule has 2 nitrogen and oxygen atoms in total. The van der Waals surface area contributed by atoms with Crippen LogP contribution >= 0.6 is 0 Å². The maximum atomic E-state index is 3.33. The average molecular weight is 472 g/mol. The SMILES string of the molecule is CCCCCCCCCCCCCCCCCCCCCCc1[nH]cc[n+]1C.[Br-]. The fourth-order valence-electron chi connectivity index (χ4n) is 4.23. The fourth-order valence-corrected chi connectivity index (χ4v) is 4.23. The number of rotatable bonds is 21. The topological polar surface area (TPSA) is 19.7 Å². The van der Waals surface area contributed by atoms with Crippen molar-refractivity contribution in [1.29, 1.82) is 0 Å². The van der Waals surface area contributed by atoms with Gasteiger partial charge in [0.15, 0.2) is 0 Å². The molecule has 1 heterocycles. The molecule has 0 atom stereocenters. The molecule has 0 unspecified atom stereocenters. The number of halogens is 1. The first-order chi connectivity index (χ1) is 13.8. The highest BCUT2D eigenvalue weighted by molar-refractivity contribution is 4.76. The van der Waals surface area contributed by atoms with Crippen molar-refractivity contribution in [2.24, 2.45) is 7.05 Å². The maximum absolute atomic E-state index is 3.33. The molecule has 172 valence electrons. The summed E-state index contributed by atoms with van der Waals surface area (Å²) in [7, 11) is 2.13. The Labute approximate surface area is 193 Å². The second-order valence-electron chi connectivity index (χ2n) is 8.99. The number of nitrogens with zero attached hydrogens (tertiary/aromatic N) is 1. The molecule has 0 saturated carbocycles. The van der Waals surface area contributed by atoms with Gasteiger partial charge in [-0.3, -0.25) is 0 Å². The van der Waals surface area contributed by atoms with Gasteiger partial charge in [0, 0.05) is 6.42 Å². The molecule has 0 aliphatic rings. The van der Waals surface area contributed by atoms with Crippen LogP contribution in [-0.4, -0.2) is 4.98 Å². The summed E-state index contributed by atoms with van der Waals surface area (Å²) in [5.41, 5.74) is 0. The van der Waals surface area contributed by atoms with Crippen LogP contribution in [-0.2, 0) is 13.5 Å². The summed E-state index contributed by atoms with van der Waals surface area (Å²) in [6.45, 7) is 2.30. The van der Waals surface area contributed by atoms with E-state index in [1.165, 1.54) is 141 Å². The maximum Gasteiger partial charge on any atom is 0.253 e. The highest BCUT2D eigenvalue weighted by atomic mass is 79.9. The van der Waals surface area contributed by atoms with E-state index >= 15 is 0 Å². The molecule has 0 bridgehead atoms. The van der Waals surface area contributed by atoms with Gasteiger partial charge in [-0.1, -0.05) is 129 Å². The predicted octanol–water partition coefficient (Wildman–Crippen LogP) is 5.21. The molecule has 0 aliphatic heterocycles. The molecule has 1 rings (SSSR count). The Balaban J connectivity index is 0.00000784. The van der Waals surface area contributed by atoms with Gasteiger partial charge in [0.05, 0.1) is 7.05 Å². The van der Waals surface area contributed by atoms with Gasteiger partial charge >= 0.3 is 0 Å². The van der Waals surface area contributed by atoms with Gasteiger partial charge in [-0.05, 0) is 6.42 Å². The van der Waals surface area contributed by atoms with Gasteiger partial charge in [0.2, 0.25) is 0 Å². The van der Waals surface area contributed by atoms with E-state index in [0.29, 0.717) is 0 Å². The third kappa shape index (κ3) is 18.2. The predicted molar refractivity (Wildman–Crippen MR) is 124 cm³/mol. The van der Waals surface area contributed by atoms with Crippen LogP contribution in [0.3, 0.4) is 0 Å². The Morgan fingerprint density at radius 1 is 0.586 bits per heavy atom. The quantitative estimate of drug-likeness (QED) is 0.188. The first kappa shape index (κ1) is 28.7. The largest absolute Gasteiger partial charge is 1.00 e. The molecule has 0 spiro atoms. The minimum atomic E-state index is 0. The van der Waals surface area contributed by atoms with E-state index < -0.39 is 0 Å². The molecule has 1 aromatic rings. The van der Waals surface area contributed by atoms with E-state index in [1.54, 1.807) is 0 Å². The summed E-state index contributed by atoms with van der Waals surface area (Å²) >= 11 is 0. The number of nitrogens with one attached hydrogen (secondary N) is 1. The Morgan fingerprint density at radius 3 is 1.24 bits per heavy atom. The fraction of sp³-hybridized carbons (Fsp3) is 0.885. The number of hydrogen-bond acceptors (Lipinski definition) is 0. The lowest BCUT2D eigenvalue weighted by Crippen LogP contribution is -3.00. The third-order valence-corrected chi connectivity index (χ3v) is 6.24. The first-order valence-corrected chi connectivity index (χ1v) is 12.9. The number of H-pyrrole nitrogens is 1. The van der Waals surface area contributed by atoms with Crippen LogP contribution in [0.25, 0.3) is 0 Å². The first-order valence-electron chi connectivity index (χ1n) is 12.9. The van der Waals surface area contributed by atoms with Crippen LogP contribution in [0.4, 0.5) is 0 Å². The van der Waals surface area contributed by atoms with Crippen molar-refractivity contribution < 1.29 is 21.5 Å². The van der Waals surface area contributed by atoms with Gasteiger partial charge in [0.25, 0.3) is 5.82 Å². The van der Waals surface area contributed by atoms with Crippen molar-refractivity contribution in [2.45, 2.75) is 142 Å². The number of hydrogen-bond donors (Lipinski definition) is 1. The van der Waals surface area contributed by atoms with Crippen LogP contribution in [0.15, 0.2) is 12.4 Å². The molecule has 3 heteroatoms. The van der Waals surface area contributed by atoms with Crippen LogP contribution < -0.4 is 21.5 Å². The highest BCUT2D eigenvalue weighted by Crippen LogP contribution is 2.15. The molecule has 0 fully saturated rings. The number of aromatic nitrogens is 2. The Kier molecular flexibility index (Phi) is 22.1. The van der Waals surface area contributed by atoms with Gasteiger partial charge < -0.3 is 17.0 Å². The third-order valence-electron chi connectivity index (χ3n) is 6.24. The minimum absolute atomic E-state index is 0. The lowest BCUT2D eigenvalue weighted by atomic mass is 10.0. The number of aryl methyl sites for hydroxylation is 2. The summed E-state index contributed by atoms with van der Waals surface area (Å²) in [5, 5.41) is 0. The van der Waals surface area contributed by atoms with Crippen LogP contribution in [0.5, 0.6) is 0 Å². The molecular weight excluding hydrogens is 420 g/mol. The summed E-state index contributed by atoms with van der Waals surface area (Å²) < 4.78 is 2.20. The van der Waals surface area contributed by atoms with Gasteiger partial charge in [0.1, 0.15) is 12.4 Å². The lowest BCUT2D eigenvalue weighted by molar-refractivity contribution is -0.677. The van der Waals surface area contributed by atoms with Gasteiger partial charge in [-0.15, -0.1) is 0 Å². The van der Waals surface area contributed by atoms with Crippen molar-refractivity contribution in [3.63, 3.8) is 0 Å². The number of unbranched alkanes of at least 4 members (excludes halogenated alkanes) is 19. The second kappa shape index (κ2) is 22.4. The number of imidazole rings is 1. The van der Waals surface area contributed by atoms with E-state index in [1.807, 2.05) is 6.20 Å². The second-order valence-corrected chi connectivity index (χ2v) is 8.99. The molecule has 0 amide bonds. The van der Waals surface area contributed by atoms with Crippen molar-refractivity contribution in [3.8, 4) is 0 Å². The average Bonchev–Trinajstić information content (AvgIpc) is 3.11. The van der Waals surface area contributed by atoms with Crippen LogP contribution in [0.1, 0.15) is 141 Å². The molecule has 0 saturated heterocycles. The monoisotopic (exact) mass is 470 g/mol. The van der Waals surface area contributed by atoms with Gasteiger partial charge in [-0.2, -0.15) is 0 Å². The minimum Gasteiger partial charge on any atom is -1.00 e. The molecule has 29 heavy (non-hydrogen) atoms. The lowest BCUT2D eigenvalue weighted by Gasteiger charge is -2.04. The summed E-state index contributed by atoms with van der Waals surface area (Å²) in [6.07, 6.45) is 34.3. The van der Waals surface area contributed by atoms with Crippen molar-refractivity contribution in [3.05, 3.63) is 18.2 Å². The zero-order valence-electron chi connectivity index (χ0n) is 19.8.